The van der Waals surface area contributed by atoms with Gasteiger partial charge in [-0.2, -0.15) is 0 Å². The summed E-state index contributed by atoms with van der Waals surface area (Å²) in [5, 5.41) is 48.2. The molecular formula is C60H52N14O12S6. The fourth-order valence-electron chi connectivity index (χ4n) is 9.44. The predicted molar refractivity (Wildman–Crippen MR) is 342 cm³/mol. The number of hydrogen-bond acceptors (Lipinski definition) is 25. The summed E-state index contributed by atoms with van der Waals surface area (Å²) in [6, 6.07) is 13.6. The van der Waals surface area contributed by atoms with E-state index in [1.165, 1.54) is 50.9 Å². The van der Waals surface area contributed by atoms with Crippen LogP contribution in [0.5, 0.6) is 5.75 Å². The fourth-order valence-corrected chi connectivity index (χ4v) is 14.7. The van der Waals surface area contributed by atoms with Crippen LogP contribution in [0.3, 0.4) is 0 Å². The van der Waals surface area contributed by atoms with E-state index in [1.54, 1.807) is 72.3 Å². The van der Waals surface area contributed by atoms with Crippen molar-refractivity contribution in [3.05, 3.63) is 172 Å². The molecule has 0 aliphatic carbocycles. The lowest BCUT2D eigenvalue weighted by atomic mass is 9.97. The van der Waals surface area contributed by atoms with E-state index in [-0.39, 0.29) is 79.1 Å². The van der Waals surface area contributed by atoms with Gasteiger partial charge in [-0.25, -0.2) is 39.7 Å². The number of aromatic nitrogens is 7. The van der Waals surface area contributed by atoms with Gasteiger partial charge in [0.05, 0.1) is 49.7 Å². The number of aromatic hydroxyl groups is 1. The molecule has 11 rings (SSSR count). The van der Waals surface area contributed by atoms with Crippen LogP contribution in [0.2, 0.25) is 0 Å². The minimum absolute atomic E-state index is 0.00668. The second kappa shape index (κ2) is 27.4. The number of phenolic OH excluding ortho intramolecular Hbond substituents is 1. The minimum atomic E-state index is -1.42. The van der Waals surface area contributed by atoms with Crippen molar-refractivity contribution >= 4 is 115 Å². The first-order valence-corrected chi connectivity index (χ1v) is 32.9. The smallest absolute Gasteiger partial charge is 0.353 e. The Hall–Kier alpha value is -9.67. The zero-order chi connectivity index (χ0) is 65.1. The Morgan fingerprint density at radius 3 is 2.02 bits per heavy atom. The molecule has 10 bridgehead atoms. The van der Waals surface area contributed by atoms with Gasteiger partial charge in [-0.1, -0.05) is 62.5 Å². The molecule has 1 saturated heterocycles. The van der Waals surface area contributed by atoms with Gasteiger partial charge in [0.1, 0.15) is 99.5 Å². The first kappa shape index (κ1) is 63.9. The van der Waals surface area contributed by atoms with Crippen molar-refractivity contribution in [2.45, 2.75) is 63.1 Å². The van der Waals surface area contributed by atoms with E-state index in [1.807, 2.05) is 6.92 Å². The van der Waals surface area contributed by atoms with Crippen LogP contribution >= 0.6 is 68.0 Å². The molecule has 0 unspecified atom stereocenters. The number of fused-ring (bicyclic) bond motifs is 14. The number of nitrogens with one attached hydrogen (secondary N) is 6. The van der Waals surface area contributed by atoms with Crippen LogP contribution in [-0.4, -0.2) is 118 Å². The van der Waals surface area contributed by atoms with Crippen molar-refractivity contribution in [2.24, 2.45) is 11.7 Å². The quantitative estimate of drug-likeness (QED) is 0.0312. The minimum Gasteiger partial charge on any atom is -0.508 e. The lowest BCUT2D eigenvalue weighted by molar-refractivity contribution is -0.137. The maximum absolute atomic E-state index is 14.9. The van der Waals surface area contributed by atoms with Gasteiger partial charge >= 0.3 is 5.97 Å². The summed E-state index contributed by atoms with van der Waals surface area (Å²) in [6.45, 7) is 11.0. The maximum atomic E-state index is 14.9. The lowest BCUT2D eigenvalue weighted by Gasteiger charge is -2.26. The number of esters is 1. The third-order valence-corrected chi connectivity index (χ3v) is 19.9. The summed E-state index contributed by atoms with van der Waals surface area (Å²) in [4.78, 5) is 143. The number of methoxy groups -OCH3 is 1. The molecule has 7 aromatic heterocycles. The molecule has 470 valence electrons. The summed E-state index contributed by atoms with van der Waals surface area (Å²) in [5.41, 5.74) is 7.35. The number of aliphatic hydroxyl groups is 1. The number of aliphatic hydroxyl groups excluding tert-OH is 1. The first-order valence-electron chi connectivity index (χ1n) is 27.7. The number of pyridine rings is 1. The molecule has 9 aromatic rings. The molecular weight excluding hydrogens is 1300 g/mol. The molecule has 0 saturated carbocycles. The zero-order valence-electron chi connectivity index (χ0n) is 48.4. The van der Waals surface area contributed by atoms with Crippen LogP contribution in [0.15, 0.2) is 118 Å². The Kier molecular flexibility index (Phi) is 19.0. The third-order valence-electron chi connectivity index (χ3n) is 14.4. The Morgan fingerprint density at radius 2 is 1.30 bits per heavy atom. The van der Waals surface area contributed by atoms with Gasteiger partial charge in [0.25, 0.3) is 29.5 Å². The number of ether oxygens (including phenoxy) is 2. The number of benzene rings is 2. The Morgan fingerprint density at radius 1 is 0.674 bits per heavy atom. The number of primary amides is 1. The average Bonchev–Trinajstić information content (AvgIpc) is 1.61. The van der Waals surface area contributed by atoms with Crippen molar-refractivity contribution in [1.29, 1.82) is 0 Å². The number of amides is 7. The van der Waals surface area contributed by atoms with Gasteiger partial charge in [-0.05, 0) is 42.3 Å². The van der Waals surface area contributed by atoms with Gasteiger partial charge in [0.2, 0.25) is 11.8 Å². The Balaban J connectivity index is 0.979. The van der Waals surface area contributed by atoms with Gasteiger partial charge < -0.3 is 57.3 Å². The van der Waals surface area contributed by atoms with E-state index in [0.29, 0.717) is 54.6 Å². The highest BCUT2D eigenvalue weighted by molar-refractivity contribution is 7.15. The molecule has 32 heteroatoms. The van der Waals surface area contributed by atoms with Crippen molar-refractivity contribution < 1.29 is 58.0 Å². The number of thiazole rings is 6. The van der Waals surface area contributed by atoms with Crippen LogP contribution in [0.1, 0.15) is 111 Å². The van der Waals surface area contributed by atoms with E-state index in [9.17, 15) is 48.6 Å². The monoisotopic (exact) mass is 1350 g/mol. The van der Waals surface area contributed by atoms with Crippen LogP contribution in [0.25, 0.3) is 43.4 Å². The highest BCUT2D eigenvalue weighted by Gasteiger charge is 2.40. The topological polar surface area (TPSA) is 387 Å². The number of nitrogens with two attached hydrogens (primary N) is 1. The van der Waals surface area contributed by atoms with Gasteiger partial charge in [0.15, 0.2) is 0 Å². The number of nitrogens with zero attached hydrogens (tertiary/aromatic N) is 7. The van der Waals surface area contributed by atoms with E-state index < -0.39 is 89.7 Å². The largest absolute Gasteiger partial charge is 0.508 e. The molecule has 2 aliphatic heterocycles. The number of carbonyl (C=O) groups is 8. The second-order valence-corrected chi connectivity index (χ2v) is 26.4. The van der Waals surface area contributed by atoms with Gasteiger partial charge in [-0.3, -0.25) is 33.6 Å². The number of phenols is 1. The molecule has 0 radical (unpaired) electrons. The summed E-state index contributed by atoms with van der Waals surface area (Å²) in [6.07, 6.45) is -2.12. The normalized spacial score (nSPS) is 18.2. The summed E-state index contributed by atoms with van der Waals surface area (Å²) < 4.78 is 10.3. The third kappa shape index (κ3) is 14.4. The maximum Gasteiger partial charge on any atom is 0.353 e. The molecule has 2 aromatic carbocycles. The van der Waals surface area contributed by atoms with E-state index >= 15 is 0 Å². The van der Waals surface area contributed by atoms with Crippen LogP contribution < -0.4 is 37.6 Å². The number of rotatable bonds is 14. The predicted octanol–water partition coefficient (Wildman–Crippen LogP) is 6.65. The standard InChI is InChI=1S/C60H52N14O12S6/c1-25(41-19-86-41)43-58-71-40(24-91-58)56-67-36(20-88-56)45-32(15-16-33(64-45)55-69-37(22-89-55)50(80)62-26(2)48(78)63-27(3)60(84)85-5)54-68-38(21-87-54)52(82)66-35(18-42(61)76)57-74-44(28(4)92-57)53(83)73-46(47(77)30-9-7-6-8-10-30)59-70-39(23-90-59)51(81)65-34(49(79)72-43)17-29-11-13-31(75)14-12-29/h6-16,20-25,34-35,41,43,46-47,75,77H,2-3,17-19H2,1,4-5H3,(H2,61,76)(H,62,80)(H,63,78)(H,65,81)(H,66,82)(H,72,79)(H,73,83)/t25-,34-,35-,41-,43-,46-,47+/m0/s1. The van der Waals surface area contributed by atoms with E-state index in [4.69, 9.17) is 30.4 Å². The Labute approximate surface area is 546 Å². The van der Waals surface area contributed by atoms with Gasteiger partial charge in [0, 0.05) is 49.7 Å². The average molecular weight is 1350 g/mol. The fraction of sp³-hybridized carbons (Fsp3) is 0.217. The van der Waals surface area contributed by atoms with Crippen molar-refractivity contribution in [3.63, 3.8) is 0 Å². The van der Waals surface area contributed by atoms with E-state index in [0.717, 1.165) is 52.5 Å². The Bertz CT molecular complexity index is 4380. The zero-order valence-corrected chi connectivity index (χ0v) is 53.3. The highest BCUT2D eigenvalue weighted by Crippen LogP contribution is 2.41. The van der Waals surface area contributed by atoms with Crippen LogP contribution in [0.4, 0.5) is 0 Å². The van der Waals surface area contributed by atoms with Gasteiger partial charge in [-0.15, -0.1) is 68.0 Å². The molecule has 26 nitrogen and oxygen atoms in total. The number of hydrogen-bond donors (Lipinski definition) is 9. The molecule has 1 fully saturated rings. The molecule has 7 amide bonds. The van der Waals surface area contributed by atoms with Crippen LogP contribution in [0, 0.1) is 12.8 Å². The first-order chi connectivity index (χ1) is 44.2. The molecule has 7 atom stereocenters. The lowest BCUT2D eigenvalue weighted by Crippen LogP contribution is -2.50. The van der Waals surface area contributed by atoms with Crippen molar-refractivity contribution in [2.75, 3.05) is 13.7 Å². The number of aryl methyl sites for hydroxylation is 1. The number of carbonyl (C=O) groups excluding carboxylic acids is 8. The molecule has 10 N–H and O–H groups in total. The van der Waals surface area contributed by atoms with Crippen LogP contribution in [-0.2, 0) is 35.1 Å². The molecule has 2 aliphatic rings. The molecule has 9 heterocycles. The second-order valence-electron chi connectivity index (χ2n) is 20.8. The summed E-state index contributed by atoms with van der Waals surface area (Å²) in [7, 11) is 1.11. The van der Waals surface area contributed by atoms with E-state index in [2.05, 4.69) is 64.7 Å². The SMILES string of the molecule is C=C(NC(=O)c1csc(-c2ccc3c(n2)-c2csc(n2)-c2csc(n2)[C@H]([C@@H](C)[C@@H]2CO2)NC(=O)[C@H](Cc2ccc(O)cc2)NC(=O)c2csc(n2)[C@H]([C@H](O)c2ccccc2)NC(=O)c2nc(sc2C)[C@H](CC(N)=O)NC(=O)c2csc-3n2)n1)C(=O)NC(=C)C(=O)OC. The summed E-state index contributed by atoms with van der Waals surface area (Å²) in [5.74, 6) is -6.56. The van der Waals surface area contributed by atoms with Crippen molar-refractivity contribution in [3.8, 4) is 49.1 Å². The molecule has 0 spiro atoms. The highest BCUT2D eigenvalue weighted by atomic mass is 32.1. The van der Waals surface area contributed by atoms with Crippen molar-refractivity contribution in [1.82, 2.24) is 66.8 Å². The summed E-state index contributed by atoms with van der Waals surface area (Å²) >= 11 is 6.69. The molecule has 92 heavy (non-hydrogen) atoms. The number of epoxide rings is 1.